The number of piperidine rings is 1. The molecule has 0 radical (unpaired) electrons. The molecule has 0 aromatic carbocycles. The predicted molar refractivity (Wildman–Crippen MR) is 95.3 cm³/mol. The van der Waals surface area contributed by atoms with Gasteiger partial charge in [-0.25, -0.2) is 0 Å². The molecule has 1 saturated heterocycles. The normalized spacial score (nSPS) is 19.2. The highest BCUT2D eigenvalue weighted by Gasteiger charge is 2.28. The third kappa shape index (κ3) is 5.28. The molecule has 0 bridgehead atoms. The Morgan fingerprint density at radius 3 is 2.50 bits per heavy atom. The fourth-order valence-corrected chi connectivity index (χ4v) is 3.29. The molecule has 0 spiro atoms. The molecule has 1 aliphatic rings. The zero-order valence-corrected chi connectivity index (χ0v) is 15.1. The SMILES string of the molecule is CCC(NC(=O)C1CCN(Cc2ccncc2)CC1)C(O)C(C)C. The molecule has 1 aromatic heterocycles. The molecule has 2 rings (SSSR count). The molecule has 2 unspecified atom stereocenters. The first-order chi connectivity index (χ1) is 11.5. The van der Waals surface area contributed by atoms with Gasteiger partial charge in [-0.15, -0.1) is 0 Å². The Hall–Kier alpha value is -1.46. The molecule has 1 aromatic rings. The van der Waals surface area contributed by atoms with Crippen molar-refractivity contribution in [2.24, 2.45) is 11.8 Å². The first-order valence-electron chi connectivity index (χ1n) is 9.11. The lowest BCUT2D eigenvalue weighted by Gasteiger charge is -2.33. The van der Waals surface area contributed by atoms with Gasteiger partial charge in [0.2, 0.25) is 5.91 Å². The van der Waals surface area contributed by atoms with Gasteiger partial charge in [0.25, 0.3) is 0 Å². The van der Waals surface area contributed by atoms with Crippen LogP contribution in [0.4, 0.5) is 0 Å². The van der Waals surface area contributed by atoms with Gasteiger partial charge in [-0.2, -0.15) is 0 Å². The summed E-state index contributed by atoms with van der Waals surface area (Å²) in [5, 5.41) is 13.3. The second-order valence-corrected chi connectivity index (χ2v) is 7.16. The molecular weight excluding hydrogens is 302 g/mol. The second kappa shape index (κ2) is 9.14. The maximum atomic E-state index is 12.5. The second-order valence-electron chi connectivity index (χ2n) is 7.16. The number of hydrogen-bond donors (Lipinski definition) is 2. The average Bonchev–Trinajstić information content (AvgIpc) is 2.60. The van der Waals surface area contributed by atoms with Gasteiger partial charge in [0.05, 0.1) is 12.1 Å². The number of aromatic nitrogens is 1. The van der Waals surface area contributed by atoms with Crippen LogP contribution in [0.15, 0.2) is 24.5 Å². The Morgan fingerprint density at radius 1 is 1.33 bits per heavy atom. The molecule has 1 fully saturated rings. The van der Waals surface area contributed by atoms with Crippen LogP contribution in [-0.2, 0) is 11.3 Å². The van der Waals surface area contributed by atoms with Crippen LogP contribution in [0.5, 0.6) is 0 Å². The number of aliphatic hydroxyl groups excluding tert-OH is 1. The molecule has 2 atom stereocenters. The maximum Gasteiger partial charge on any atom is 0.223 e. The van der Waals surface area contributed by atoms with E-state index >= 15 is 0 Å². The summed E-state index contributed by atoms with van der Waals surface area (Å²) in [6.45, 7) is 8.76. The predicted octanol–water partition coefficient (Wildman–Crippen LogP) is 2.21. The number of carbonyl (C=O) groups is 1. The largest absolute Gasteiger partial charge is 0.391 e. The van der Waals surface area contributed by atoms with Crippen molar-refractivity contribution in [3.05, 3.63) is 30.1 Å². The number of pyridine rings is 1. The van der Waals surface area contributed by atoms with Crippen molar-refractivity contribution in [1.29, 1.82) is 0 Å². The van der Waals surface area contributed by atoms with E-state index in [1.54, 1.807) is 0 Å². The quantitative estimate of drug-likeness (QED) is 0.803. The number of carbonyl (C=O) groups excluding carboxylic acids is 1. The molecule has 134 valence electrons. The van der Waals surface area contributed by atoms with Crippen LogP contribution in [0.3, 0.4) is 0 Å². The highest BCUT2D eigenvalue weighted by atomic mass is 16.3. The van der Waals surface area contributed by atoms with E-state index < -0.39 is 6.10 Å². The number of nitrogens with one attached hydrogen (secondary N) is 1. The lowest BCUT2D eigenvalue weighted by Crippen LogP contribution is -2.49. The summed E-state index contributed by atoms with van der Waals surface area (Å²) in [4.78, 5) is 18.9. The van der Waals surface area contributed by atoms with Crippen LogP contribution in [0.2, 0.25) is 0 Å². The first-order valence-corrected chi connectivity index (χ1v) is 9.11. The van der Waals surface area contributed by atoms with Gasteiger partial charge >= 0.3 is 0 Å². The Morgan fingerprint density at radius 2 is 1.96 bits per heavy atom. The average molecular weight is 333 g/mol. The van der Waals surface area contributed by atoms with E-state index in [-0.39, 0.29) is 23.8 Å². The van der Waals surface area contributed by atoms with Crippen molar-refractivity contribution < 1.29 is 9.90 Å². The van der Waals surface area contributed by atoms with Gasteiger partial charge in [-0.05, 0) is 56.0 Å². The zero-order chi connectivity index (χ0) is 17.5. The summed E-state index contributed by atoms with van der Waals surface area (Å²) in [6, 6.07) is 3.93. The molecule has 24 heavy (non-hydrogen) atoms. The van der Waals surface area contributed by atoms with E-state index in [2.05, 4.69) is 15.2 Å². The fourth-order valence-electron chi connectivity index (χ4n) is 3.29. The molecule has 2 heterocycles. The summed E-state index contributed by atoms with van der Waals surface area (Å²) in [6.07, 6.45) is 5.68. The van der Waals surface area contributed by atoms with E-state index in [1.165, 1.54) is 5.56 Å². The summed E-state index contributed by atoms with van der Waals surface area (Å²) >= 11 is 0. The molecule has 2 N–H and O–H groups in total. The Bertz CT molecular complexity index is 499. The van der Waals surface area contributed by atoms with Crippen molar-refractivity contribution in [2.45, 2.75) is 58.7 Å². The maximum absolute atomic E-state index is 12.5. The van der Waals surface area contributed by atoms with E-state index in [1.807, 2.05) is 45.3 Å². The zero-order valence-electron chi connectivity index (χ0n) is 15.1. The number of hydrogen-bond acceptors (Lipinski definition) is 4. The van der Waals surface area contributed by atoms with Crippen LogP contribution >= 0.6 is 0 Å². The van der Waals surface area contributed by atoms with E-state index in [4.69, 9.17) is 0 Å². The summed E-state index contributed by atoms with van der Waals surface area (Å²) < 4.78 is 0. The Kier molecular flexibility index (Phi) is 7.18. The van der Waals surface area contributed by atoms with Crippen LogP contribution in [0, 0.1) is 11.8 Å². The Balaban J connectivity index is 1.79. The van der Waals surface area contributed by atoms with E-state index in [0.717, 1.165) is 38.9 Å². The smallest absolute Gasteiger partial charge is 0.223 e. The third-order valence-electron chi connectivity index (χ3n) is 4.98. The van der Waals surface area contributed by atoms with Gasteiger partial charge < -0.3 is 10.4 Å². The van der Waals surface area contributed by atoms with Crippen molar-refractivity contribution in [3.8, 4) is 0 Å². The molecular formula is C19H31N3O2. The topological polar surface area (TPSA) is 65.5 Å². The van der Waals surface area contributed by atoms with Crippen molar-refractivity contribution >= 4 is 5.91 Å². The summed E-state index contributed by atoms with van der Waals surface area (Å²) in [7, 11) is 0. The van der Waals surface area contributed by atoms with Crippen LogP contribution in [0.25, 0.3) is 0 Å². The van der Waals surface area contributed by atoms with Gasteiger partial charge in [-0.3, -0.25) is 14.7 Å². The standard InChI is InChI=1S/C19H31N3O2/c1-4-17(18(23)14(2)3)21-19(24)16-7-11-22(12-8-16)13-15-5-9-20-10-6-15/h5-6,9-10,14,16-18,23H,4,7-8,11-13H2,1-3H3,(H,21,24). The van der Waals surface area contributed by atoms with Crippen molar-refractivity contribution in [1.82, 2.24) is 15.2 Å². The molecule has 1 amide bonds. The number of amides is 1. The molecule has 5 heteroatoms. The van der Waals surface area contributed by atoms with E-state index in [0.29, 0.717) is 0 Å². The molecule has 1 aliphatic heterocycles. The van der Waals surface area contributed by atoms with E-state index in [9.17, 15) is 9.90 Å². The summed E-state index contributed by atoms with van der Waals surface area (Å²) in [5.74, 6) is 0.315. The monoisotopic (exact) mass is 333 g/mol. The number of nitrogens with zero attached hydrogens (tertiary/aromatic N) is 2. The number of rotatable bonds is 7. The fraction of sp³-hybridized carbons (Fsp3) is 0.684. The summed E-state index contributed by atoms with van der Waals surface area (Å²) in [5.41, 5.74) is 1.26. The molecule has 0 saturated carbocycles. The number of likely N-dealkylation sites (tertiary alicyclic amines) is 1. The minimum absolute atomic E-state index is 0.0621. The van der Waals surface area contributed by atoms with Gasteiger partial charge in [-0.1, -0.05) is 20.8 Å². The third-order valence-corrected chi connectivity index (χ3v) is 4.98. The molecule has 5 nitrogen and oxygen atoms in total. The van der Waals surface area contributed by atoms with Gasteiger partial charge in [0.15, 0.2) is 0 Å². The van der Waals surface area contributed by atoms with Crippen LogP contribution in [-0.4, -0.2) is 46.1 Å². The highest BCUT2D eigenvalue weighted by molar-refractivity contribution is 5.79. The van der Waals surface area contributed by atoms with Crippen molar-refractivity contribution in [2.75, 3.05) is 13.1 Å². The molecule has 0 aliphatic carbocycles. The minimum atomic E-state index is -0.481. The minimum Gasteiger partial charge on any atom is -0.391 e. The van der Waals surface area contributed by atoms with Crippen LogP contribution < -0.4 is 5.32 Å². The lowest BCUT2D eigenvalue weighted by molar-refractivity contribution is -0.128. The van der Waals surface area contributed by atoms with Crippen LogP contribution in [0.1, 0.15) is 45.6 Å². The first kappa shape index (κ1) is 18.9. The van der Waals surface area contributed by atoms with Gasteiger partial charge in [0, 0.05) is 24.9 Å². The highest BCUT2D eigenvalue weighted by Crippen LogP contribution is 2.20. The van der Waals surface area contributed by atoms with Crippen molar-refractivity contribution in [3.63, 3.8) is 0 Å². The van der Waals surface area contributed by atoms with Gasteiger partial charge in [0.1, 0.15) is 0 Å². The Labute approximate surface area is 145 Å². The lowest BCUT2D eigenvalue weighted by atomic mass is 9.93. The number of aliphatic hydroxyl groups is 1.